The number of unbranched alkanes of at least 4 members (excludes halogenated alkanes) is 1. The SMILES string of the molecule is CCCCSCC(C)(O)/C=C/c1cc([N+](=O)[O-])c(C(F)(F)F)cc1NS(C)(=O)=O. The number of nitro groups is 1. The van der Waals surface area contributed by atoms with Crippen LogP contribution in [0.5, 0.6) is 0 Å². The quantitative estimate of drug-likeness (QED) is 0.309. The van der Waals surface area contributed by atoms with Gasteiger partial charge in [-0.05, 0) is 25.2 Å². The summed E-state index contributed by atoms with van der Waals surface area (Å²) < 4.78 is 64.6. The second-order valence-electron chi connectivity index (χ2n) is 6.68. The van der Waals surface area contributed by atoms with Gasteiger partial charge in [0.05, 0.1) is 22.5 Å². The molecule has 0 saturated carbocycles. The van der Waals surface area contributed by atoms with Crippen LogP contribution in [0, 0.1) is 10.1 Å². The number of aliphatic hydroxyl groups is 1. The maximum Gasteiger partial charge on any atom is 0.423 e. The van der Waals surface area contributed by atoms with Crippen LogP contribution in [0.15, 0.2) is 18.2 Å². The van der Waals surface area contributed by atoms with Gasteiger partial charge in [-0.25, -0.2) is 8.42 Å². The van der Waals surface area contributed by atoms with Gasteiger partial charge in [-0.15, -0.1) is 0 Å². The van der Waals surface area contributed by atoms with Crippen LogP contribution in [0.4, 0.5) is 24.5 Å². The van der Waals surface area contributed by atoms with Crippen LogP contribution >= 0.6 is 11.8 Å². The highest BCUT2D eigenvalue weighted by Crippen LogP contribution is 2.40. The Kier molecular flexibility index (Phi) is 8.54. The zero-order chi connectivity index (χ0) is 22.5. The number of alkyl halides is 3. The molecule has 29 heavy (non-hydrogen) atoms. The van der Waals surface area contributed by atoms with E-state index in [9.17, 15) is 36.8 Å². The Bertz CT molecular complexity index is 869. The minimum atomic E-state index is -5.06. The van der Waals surface area contributed by atoms with E-state index in [4.69, 9.17) is 0 Å². The molecule has 0 aliphatic rings. The molecular formula is C17H23F3N2O5S2. The number of hydrogen-bond acceptors (Lipinski definition) is 6. The Morgan fingerprint density at radius 3 is 2.45 bits per heavy atom. The number of thioether (sulfide) groups is 1. The fraction of sp³-hybridized carbons (Fsp3) is 0.529. The van der Waals surface area contributed by atoms with Gasteiger partial charge in [0.1, 0.15) is 5.56 Å². The Labute approximate surface area is 171 Å². The number of nitrogens with zero attached hydrogens (tertiary/aromatic N) is 1. The standard InChI is InChI=1S/C17H23F3N2O5S2/c1-4-5-8-28-11-16(2,23)7-6-12-9-15(22(24)25)13(17(18,19)20)10-14(12)21-29(3,26)27/h6-7,9-10,21,23H,4-5,8,11H2,1-3H3/b7-6+. The number of benzene rings is 1. The van der Waals surface area contributed by atoms with E-state index >= 15 is 0 Å². The van der Waals surface area contributed by atoms with Gasteiger partial charge >= 0.3 is 6.18 Å². The third-order valence-corrected chi connectivity index (χ3v) is 5.58. The summed E-state index contributed by atoms with van der Waals surface area (Å²) >= 11 is 1.48. The molecule has 0 aliphatic carbocycles. The van der Waals surface area contributed by atoms with Crippen molar-refractivity contribution in [2.75, 3.05) is 22.5 Å². The minimum Gasteiger partial charge on any atom is -0.385 e. The van der Waals surface area contributed by atoms with Crippen molar-refractivity contribution in [2.24, 2.45) is 0 Å². The van der Waals surface area contributed by atoms with Crippen LogP contribution in [-0.2, 0) is 16.2 Å². The molecule has 0 radical (unpaired) electrons. The van der Waals surface area contributed by atoms with E-state index < -0.39 is 43.7 Å². The van der Waals surface area contributed by atoms with Gasteiger partial charge in [0, 0.05) is 17.4 Å². The molecular weight excluding hydrogens is 433 g/mol. The van der Waals surface area contributed by atoms with Gasteiger partial charge in [-0.1, -0.05) is 25.5 Å². The maximum atomic E-state index is 13.2. The highest BCUT2D eigenvalue weighted by molar-refractivity contribution is 7.99. The Hall–Kier alpha value is -1.79. The normalized spacial score (nSPS) is 14.7. The predicted molar refractivity (Wildman–Crippen MR) is 108 cm³/mol. The van der Waals surface area contributed by atoms with Crippen molar-refractivity contribution in [2.45, 2.75) is 38.5 Å². The number of hydrogen-bond donors (Lipinski definition) is 2. The van der Waals surface area contributed by atoms with E-state index in [2.05, 4.69) is 0 Å². The molecule has 164 valence electrons. The molecule has 0 aromatic heterocycles. The number of halogens is 3. The first-order valence-corrected chi connectivity index (χ1v) is 11.6. The summed E-state index contributed by atoms with van der Waals surface area (Å²) in [7, 11) is -3.96. The molecule has 1 rings (SSSR count). The van der Waals surface area contributed by atoms with Crippen molar-refractivity contribution >= 4 is 39.2 Å². The van der Waals surface area contributed by atoms with Crippen LogP contribution in [-0.4, -0.2) is 41.8 Å². The van der Waals surface area contributed by atoms with Gasteiger partial charge in [0.25, 0.3) is 5.69 Å². The monoisotopic (exact) mass is 456 g/mol. The average Bonchev–Trinajstić information content (AvgIpc) is 2.55. The number of nitrogens with one attached hydrogen (secondary N) is 1. The predicted octanol–water partition coefficient (Wildman–Crippen LogP) is 4.28. The fourth-order valence-corrected chi connectivity index (χ4v) is 3.97. The van der Waals surface area contributed by atoms with Crippen molar-refractivity contribution in [3.05, 3.63) is 39.4 Å². The highest BCUT2D eigenvalue weighted by Gasteiger charge is 2.39. The summed E-state index contributed by atoms with van der Waals surface area (Å²) in [6.45, 7) is 3.50. The lowest BCUT2D eigenvalue weighted by atomic mass is 10.0. The summed E-state index contributed by atoms with van der Waals surface area (Å²) in [6, 6.07) is 1.01. The summed E-state index contributed by atoms with van der Waals surface area (Å²) in [5, 5.41) is 21.5. The highest BCUT2D eigenvalue weighted by atomic mass is 32.2. The summed E-state index contributed by atoms with van der Waals surface area (Å²) in [6.07, 6.45) is 0.0706. The Balaban J connectivity index is 3.39. The van der Waals surface area contributed by atoms with Gasteiger partial charge < -0.3 is 5.11 Å². The Morgan fingerprint density at radius 1 is 1.34 bits per heavy atom. The Morgan fingerprint density at radius 2 is 1.97 bits per heavy atom. The van der Waals surface area contributed by atoms with Gasteiger partial charge in [-0.2, -0.15) is 24.9 Å². The molecule has 0 heterocycles. The van der Waals surface area contributed by atoms with Gasteiger partial charge in [-0.3, -0.25) is 14.8 Å². The molecule has 0 bridgehead atoms. The van der Waals surface area contributed by atoms with E-state index in [1.165, 1.54) is 30.8 Å². The summed E-state index contributed by atoms with van der Waals surface area (Å²) in [5.41, 5.74) is -4.79. The molecule has 1 aromatic carbocycles. The van der Waals surface area contributed by atoms with E-state index in [0.717, 1.165) is 24.9 Å². The first-order chi connectivity index (χ1) is 13.2. The molecule has 1 aromatic rings. The van der Waals surface area contributed by atoms with Crippen LogP contribution in [0.25, 0.3) is 6.08 Å². The van der Waals surface area contributed by atoms with Crippen molar-refractivity contribution in [1.29, 1.82) is 0 Å². The number of anilines is 1. The van der Waals surface area contributed by atoms with Crippen LogP contribution in [0.2, 0.25) is 0 Å². The van der Waals surface area contributed by atoms with Crippen molar-refractivity contribution < 1.29 is 31.6 Å². The van der Waals surface area contributed by atoms with E-state index in [0.29, 0.717) is 17.9 Å². The second kappa shape index (κ2) is 9.81. The van der Waals surface area contributed by atoms with Gasteiger partial charge in [0.2, 0.25) is 10.0 Å². The van der Waals surface area contributed by atoms with Crippen LogP contribution < -0.4 is 4.72 Å². The molecule has 0 saturated heterocycles. The molecule has 12 heteroatoms. The lowest BCUT2D eigenvalue weighted by molar-refractivity contribution is -0.388. The topological polar surface area (TPSA) is 110 Å². The van der Waals surface area contributed by atoms with Gasteiger partial charge in [0.15, 0.2) is 0 Å². The minimum absolute atomic E-state index is 0.172. The van der Waals surface area contributed by atoms with E-state index in [-0.39, 0.29) is 5.56 Å². The zero-order valence-corrected chi connectivity index (χ0v) is 17.7. The van der Waals surface area contributed by atoms with Crippen LogP contribution in [0.3, 0.4) is 0 Å². The van der Waals surface area contributed by atoms with Crippen molar-refractivity contribution in [3.63, 3.8) is 0 Å². The molecule has 1 atom stereocenters. The van der Waals surface area contributed by atoms with Crippen LogP contribution in [0.1, 0.15) is 37.8 Å². The zero-order valence-electron chi connectivity index (χ0n) is 16.1. The smallest absolute Gasteiger partial charge is 0.385 e. The third-order valence-electron chi connectivity index (χ3n) is 3.62. The molecule has 0 amide bonds. The average molecular weight is 457 g/mol. The number of sulfonamides is 1. The summed E-state index contributed by atoms with van der Waals surface area (Å²) in [4.78, 5) is 9.92. The molecule has 1 unspecified atom stereocenters. The summed E-state index contributed by atoms with van der Waals surface area (Å²) in [5.74, 6) is 1.11. The largest absolute Gasteiger partial charge is 0.423 e. The van der Waals surface area contributed by atoms with Crippen molar-refractivity contribution in [1.82, 2.24) is 0 Å². The molecule has 0 fully saturated rings. The molecule has 0 spiro atoms. The van der Waals surface area contributed by atoms with Crippen molar-refractivity contribution in [3.8, 4) is 0 Å². The molecule has 2 N–H and O–H groups in total. The van der Waals surface area contributed by atoms with E-state index in [1.807, 2.05) is 11.6 Å². The molecule has 0 aliphatic heterocycles. The first kappa shape index (κ1) is 25.2. The lowest BCUT2D eigenvalue weighted by Crippen LogP contribution is -2.24. The third kappa shape index (κ3) is 8.62. The number of rotatable bonds is 10. The lowest BCUT2D eigenvalue weighted by Gasteiger charge is -2.19. The second-order valence-corrected chi connectivity index (χ2v) is 9.54. The van der Waals surface area contributed by atoms with E-state index in [1.54, 1.807) is 0 Å². The number of nitro benzene ring substituents is 1. The first-order valence-electron chi connectivity index (χ1n) is 8.53. The fourth-order valence-electron chi connectivity index (χ4n) is 2.25. The molecule has 7 nitrogen and oxygen atoms in total. The maximum absolute atomic E-state index is 13.2.